The Morgan fingerprint density at radius 3 is 2.68 bits per heavy atom. The molecule has 1 aromatic heterocycles. The van der Waals surface area contributed by atoms with Gasteiger partial charge in [0, 0.05) is 6.04 Å². The molecule has 1 atom stereocenters. The molecule has 1 heterocycles. The maximum absolute atomic E-state index is 10.8. The van der Waals surface area contributed by atoms with Gasteiger partial charge in [0.25, 0.3) is 0 Å². The Bertz CT molecular complexity index is 405. The smallest absolute Gasteiger partial charge is 0.338 e. The number of carboxylic acids is 1. The van der Waals surface area contributed by atoms with Gasteiger partial charge in [-0.3, -0.25) is 0 Å². The summed E-state index contributed by atoms with van der Waals surface area (Å²) in [4.78, 5) is 10.8. The third-order valence-electron chi connectivity index (χ3n) is 4.11. The van der Waals surface area contributed by atoms with Crippen molar-refractivity contribution in [3.63, 3.8) is 0 Å². The van der Waals surface area contributed by atoms with Crippen molar-refractivity contribution in [1.29, 1.82) is 0 Å². The topological polar surface area (TPSA) is 62.5 Å². The average molecular weight is 265 g/mol. The number of carboxylic acid groups (broad SMARTS) is 1. The van der Waals surface area contributed by atoms with Gasteiger partial charge < -0.3 is 14.8 Å². The molecule has 4 nitrogen and oxygen atoms in total. The van der Waals surface area contributed by atoms with Crippen molar-refractivity contribution in [1.82, 2.24) is 5.32 Å². The summed E-state index contributed by atoms with van der Waals surface area (Å²) in [6.45, 7) is 2.82. The van der Waals surface area contributed by atoms with Gasteiger partial charge in [-0.2, -0.15) is 0 Å². The van der Waals surface area contributed by atoms with Crippen molar-refractivity contribution >= 4 is 5.97 Å². The molecule has 2 rings (SSSR count). The molecule has 0 unspecified atom stereocenters. The first kappa shape index (κ1) is 14.1. The molecule has 0 aliphatic heterocycles. The summed E-state index contributed by atoms with van der Waals surface area (Å²) in [6, 6.07) is 2.05. The Morgan fingerprint density at radius 2 is 2.11 bits per heavy atom. The molecular weight excluding hydrogens is 242 g/mol. The molecule has 1 aliphatic rings. The molecule has 0 aromatic carbocycles. The molecule has 4 heteroatoms. The van der Waals surface area contributed by atoms with E-state index >= 15 is 0 Å². The van der Waals surface area contributed by atoms with Crippen LogP contribution in [0.4, 0.5) is 0 Å². The molecular formula is C15H23NO3. The Kier molecular flexibility index (Phi) is 5.02. The third kappa shape index (κ3) is 4.10. The summed E-state index contributed by atoms with van der Waals surface area (Å²) in [7, 11) is 0. The fraction of sp³-hybridized carbons (Fsp3) is 0.667. The maximum Gasteiger partial charge on any atom is 0.338 e. The highest BCUT2D eigenvalue weighted by molar-refractivity contribution is 5.87. The lowest BCUT2D eigenvalue weighted by molar-refractivity contribution is 0.0696. The first-order chi connectivity index (χ1) is 9.16. The summed E-state index contributed by atoms with van der Waals surface area (Å²) in [6.07, 6.45) is 9.29. The molecule has 1 aliphatic carbocycles. The van der Waals surface area contributed by atoms with Gasteiger partial charge in [0.15, 0.2) is 0 Å². The van der Waals surface area contributed by atoms with Gasteiger partial charge in [-0.15, -0.1) is 0 Å². The van der Waals surface area contributed by atoms with Gasteiger partial charge in [-0.25, -0.2) is 4.79 Å². The maximum atomic E-state index is 10.8. The molecule has 0 saturated heterocycles. The van der Waals surface area contributed by atoms with Crippen LogP contribution < -0.4 is 5.32 Å². The van der Waals surface area contributed by atoms with Gasteiger partial charge in [0.05, 0.1) is 12.1 Å². The number of carbonyl (C=O) groups is 1. The van der Waals surface area contributed by atoms with Crippen LogP contribution in [0.3, 0.4) is 0 Å². The van der Waals surface area contributed by atoms with E-state index in [-0.39, 0.29) is 5.56 Å². The predicted octanol–water partition coefficient (Wildman–Crippen LogP) is 3.43. The summed E-state index contributed by atoms with van der Waals surface area (Å²) < 4.78 is 5.25. The zero-order valence-electron chi connectivity index (χ0n) is 11.5. The van der Waals surface area contributed by atoms with Gasteiger partial charge in [0.2, 0.25) is 0 Å². The fourth-order valence-electron chi connectivity index (χ4n) is 2.82. The number of nitrogens with one attached hydrogen (secondary N) is 1. The standard InChI is InChI=1S/C15H23NO3/c1-11(12-6-4-2-3-5-7-12)16-9-14-8-13(10-19-14)15(17)18/h8,10-12,16H,2-7,9H2,1H3,(H,17,18)/t11-/m1/s1. The molecule has 0 radical (unpaired) electrons. The highest BCUT2D eigenvalue weighted by Crippen LogP contribution is 2.25. The van der Waals surface area contributed by atoms with E-state index in [1.165, 1.54) is 44.8 Å². The zero-order valence-corrected chi connectivity index (χ0v) is 11.5. The Hall–Kier alpha value is -1.29. The van der Waals surface area contributed by atoms with Crippen molar-refractivity contribution in [2.75, 3.05) is 0 Å². The van der Waals surface area contributed by atoms with E-state index in [2.05, 4.69) is 12.2 Å². The Morgan fingerprint density at radius 1 is 1.42 bits per heavy atom. The van der Waals surface area contributed by atoms with E-state index in [4.69, 9.17) is 9.52 Å². The van der Waals surface area contributed by atoms with Crippen LogP contribution in [0.1, 0.15) is 61.6 Å². The Balaban J connectivity index is 1.81. The molecule has 1 aromatic rings. The minimum absolute atomic E-state index is 0.221. The second-order valence-electron chi connectivity index (χ2n) is 5.53. The van der Waals surface area contributed by atoms with E-state index in [9.17, 15) is 4.79 Å². The minimum Gasteiger partial charge on any atom is -0.478 e. The lowest BCUT2D eigenvalue weighted by Gasteiger charge is -2.23. The molecule has 2 N–H and O–H groups in total. The van der Waals surface area contributed by atoms with Crippen LogP contribution in [-0.4, -0.2) is 17.1 Å². The lowest BCUT2D eigenvalue weighted by Crippen LogP contribution is -2.32. The Labute approximate surface area is 114 Å². The van der Waals surface area contributed by atoms with Crippen molar-refractivity contribution in [2.45, 2.75) is 58.0 Å². The monoisotopic (exact) mass is 265 g/mol. The molecule has 0 bridgehead atoms. The zero-order chi connectivity index (χ0) is 13.7. The molecule has 1 fully saturated rings. The van der Waals surface area contributed by atoms with E-state index in [1.54, 1.807) is 6.07 Å². The van der Waals surface area contributed by atoms with E-state index in [0.717, 1.165) is 5.92 Å². The third-order valence-corrected chi connectivity index (χ3v) is 4.11. The molecule has 1 saturated carbocycles. The van der Waals surface area contributed by atoms with Crippen LogP contribution in [0.25, 0.3) is 0 Å². The van der Waals surface area contributed by atoms with Crippen LogP contribution in [-0.2, 0) is 6.54 Å². The number of hydrogen-bond acceptors (Lipinski definition) is 3. The summed E-state index contributed by atoms with van der Waals surface area (Å²) >= 11 is 0. The molecule has 0 spiro atoms. The molecule has 106 valence electrons. The van der Waals surface area contributed by atoms with Crippen molar-refractivity contribution in [2.24, 2.45) is 5.92 Å². The number of aromatic carboxylic acids is 1. The highest BCUT2D eigenvalue weighted by Gasteiger charge is 2.19. The number of furan rings is 1. The number of hydrogen-bond donors (Lipinski definition) is 2. The highest BCUT2D eigenvalue weighted by atomic mass is 16.4. The van der Waals surface area contributed by atoms with Crippen LogP contribution >= 0.6 is 0 Å². The fourth-order valence-corrected chi connectivity index (χ4v) is 2.82. The molecule has 19 heavy (non-hydrogen) atoms. The normalized spacial score (nSPS) is 19.0. The van der Waals surface area contributed by atoms with Crippen LogP contribution in [0, 0.1) is 5.92 Å². The quantitative estimate of drug-likeness (QED) is 0.801. The van der Waals surface area contributed by atoms with Crippen LogP contribution in [0.2, 0.25) is 0 Å². The van der Waals surface area contributed by atoms with E-state index < -0.39 is 5.97 Å². The van der Waals surface area contributed by atoms with Crippen molar-refractivity contribution in [3.8, 4) is 0 Å². The summed E-state index contributed by atoms with van der Waals surface area (Å²) in [5.74, 6) is 0.487. The van der Waals surface area contributed by atoms with Crippen molar-refractivity contribution < 1.29 is 14.3 Å². The SMILES string of the molecule is C[C@@H](NCc1cc(C(=O)O)co1)C1CCCCCC1. The van der Waals surface area contributed by atoms with Gasteiger partial charge in [-0.1, -0.05) is 25.7 Å². The first-order valence-corrected chi connectivity index (χ1v) is 7.21. The molecule has 0 amide bonds. The number of rotatable bonds is 5. The van der Waals surface area contributed by atoms with E-state index in [1.807, 2.05) is 0 Å². The van der Waals surface area contributed by atoms with Gasteiger partial charge >= 0.3 is 5.97 Å². The second-order valence-corrected chi connectivity index (χ2v) is 5.53. The van der Waals surface area contributed by atoms with Gasteiger partial charge in [0.1, 0.15) is 12.0 Å². The minimum atomic E-state index is -0.938. The van der Waals surface area contributed by atoms with Gasteiger partial charge in [-0.05, 0) is 31.7 Å². The first-order valence-electron chi connectivity index (χ1n) is 7.21. The summed E-state index contributed by atoms with van der Waals surface area (Å²) in [5.41, 5.74) is 0.221. The van der Waals surface area contributed by atoms with Crippen LogP contribution in [0.15, 0.2) is 16.7 Å². The average Bonchev–Trinajstić information content (AvgIpc) is 2.70. The van der Waals surface area contributed by atoms with Crippen molar-refractivity contribution in [3.05, 3.63) is 23.7 Å². The largest absolute Gasteiger partial charge is 0.478 e. The van der Waals surface area contributed by atoms with Crippen LogP contribution in [0.5, 0.6) is 0 Å². The van der Waals surface area contributed by atoms with E-state index in [0.29, 0.717) is 18.3 Å². The predicted molar refractivity (Wildman–Crippen MR) is 73.2 cm³/mol. The second kappa shape index (κ2) is 6.75. The lowest BCUT2D eigenvalue weighted by atomic mass is 9.93. The summed E-state index contributed by atoms with van der Waals surface area (Å²) in [5, 5.41) is 12.3.